The van der Waals surface area contributed by atoms with Crippen molar-refractivity contribution in [2.75, 3.05) is 18.9 Å². The molecule has 0 aliphatic carbocycles. The average molecular weight is 224 g/mol. The summed E-state index contributed by atoms with van der Waals surface area (Å²) in [5, 5.41) is 2.56. The van der Waals surface area contributed by atoms with Gasteiger partial charge in [0.25, 0.3) is 0 Å². The molecule has 0 heterocycles. The van der Waals surface area contributed by atoms with Crippen molar-refractivity contribution in [3.63, 3.8) is 0 Å². The number of hydrogen-bond donors (Lipinski definition) is 1. The molecule has 0 saturated carbocycles. The summed E-state index contributed by atoms with van der Waals surface area (Å²) in [5.74, 6) is -0.864. The van der Waals surface area contributed by atoms with Crippen LogP contribution in [0.25, 0.3) is 0 Å². The number of rotatable bonds is 3. The molecule has 86 valence electrons. The highest BCUT2D eigenvalue weighted by Crippen LogP contribution is 2.07. The van der Waals surface area contributed by atoms with Gasteiger partial charge in [0.05, 0.1) is 6.54 Å². The zero-order valence-corrected chi connectivity index (χ0v) is 9.16. The molecule has 2 amide bonds. The van der Waals surface area contributed by atoms with E-state index < -0.39 is 0 Å². The highest BCUT2D eigenvalue weighted by molar-refractivity contribution is 5.94. The fourth-order valence-corrected chi connectivity index (χ4v) is 1.06. The Morgan fingerprint density at radius 2 is 1.88 bits per heavy atom. The summed E-state index contributed by atoms with van der Waals surface area (Å²) >= 11 is 0. The zero-order chi connectivity index (χ0) is 12.1. The first-order chi connectivity index (χ1) is 7.49. The van der Waals surface area contributed by atoms with E-state index in [-0.39, 0.29) is 24.2 Å². The quantitative estimate of drug-likeness (QED) is 0.839. The van der Waals surface area contributed by atoms with Crippen LogP contribution in [0.2, 0.25) is 0 Å². The second-order valence-corrected chi connectivity index (χ2v) is 3.43. The first kappa shape index (κ1) is 12.2. The Bertz CT molecular complexity index is 389. The number of benzene rings is 1. The standard InChI is InChI=1S/C11H13FN2O2/c1-8(15)14(2)7-11(16)13-10-5-3-9(12)4-6-10/h3-6H,7H2,1-2H3,(H,13,16). The number of likely N-dealkylation sites (N-methyl/N-ethyl adjacent to an activating group) is 1. The van der Waals surface area contributed by atoms with Crippen molar-refractivity contribution in [2.45, 2.75) is 6.92 Å². The van der Waals surface area contributed by atoms with E-state index in [1.807, 2.05) is 0 Å². The Morgan fingerprint density at radius 3 is 2.38 bits per heavy atom. The summed E-state index contributed by atoms with van der Waals surface area (Å²) in [7, 11) is 1.53. The van der Waals surface area contributed by atoms with E-state index in [2.05, 4.69) is 5.32 Å². The van der Waals surface area contributed by atoms with Gasteiger partial charge in [-0.3, -0.25) is 9.59 Å². The number of amides is 2. The van der Waals surface area contributed by atoms with Gasteiger partial charge in [0, 0.05) is 19.7 Å². The zero-order valence-electron chi connectivity index (χ0n) is 9.16. The highest BCUT2D eigenvalue weighted by Gasteiger charge is 2.08. The van der Waals surface area contributed by atoms with E-state index >= 15 is 0 Å². The minimum absolute atomic E-state index is 0.0211. The van der Waals surface area contributed by atoms with E-state index in [4.69, 9.17) is 0 Å². The van der Waals surface area contributed by atoms with Gasteiger partial charge >= 0.3 is 0 Å². The molecule has 16 heavy (non-hydrogen) atoms. The van der Waals surface area contributed by atoms with Gasteiger partial charge in [0.2, 0.25) is 11.8 Å². The topological polar surface area (TPSA) is 49.4 Å². The van der Waals surface area contributed by atoms with Crippen LogP contribution in [-0.2, 0) is 9.59 Å². The molecule has 4 nitrogen and oxygen atoms in total. The van der Waals surface area contributed by atoms with E-state index in [1.165, 1.54) is 43.1 Å². The first-order valence-electron chi connectivity index (χ1n) is 4.76. The molecule has 0 bridgehead atoms. The Kier molecular flexibility index (Phi) is 3.99. The Morgan fingerprint density at radius 1 is 1.31 bits per heavy atom. The van der Waals surface area contributed by atoms with E-state index in [0.29, 0.717) is 5.69 Å². The molecule has 1 aromatic rings. The number of halogens is 1. The minimum Gasteiger partial charge on any atom is -0.337 e. The second-order valence-electron chi connectivity index (χ2n) is 3.43. The Labute approximate surface area is 93.1 Å². The average Bonchev–Trinajstić information content (AvgIpc) is 2.21. The normalized spacial score (nSPS) is 9.69. The summed E-state index contributed by atoms with van der Waals surface area (Å²) in [6.07, 6.45) is 0. The van der Waals surface area contributed by atoms with E-state index in [9.17, 15) is 14.0 Å². The van der Waals surface area contributed by atoms with Crippen molar-refractivity contribution in [3.05, 3.63) is 30.1 Å². The predicted octanol–water partition coefficient (Wildman–Crippen LogP) is 1.24. The Balaban J connectivity index is 2.52. The number of anilines is 1. The lowest BCUT2D eigenvalue weighted by molar-refractivity contribution is -0.131. The molecular weight excluding hydrogens is 211 g/mol. The molecule has 0 unspecified atom stereocenters. The van der Waals surface area contributed by atoms with Crippen LogP contribution in [0.5, 0.6) is 0 Å². The van der Waals surface area contributed by atoms with Gasteiger partial charge in [-0.05, 0) is 24.3 Å². The molecule has 1 rings (SSSR count). The van der Waals surface area contributed by atoms with Gasteiger partial charge in [-0.1, -0.05) is 0 Å². The summed E-state index contributed by atoms with van der Waals surface area (Å²) < 4.78 is 12.6. The summed E-state index contributed by atoms with van der Waals surface area (Å²) in [6.45, 7) is 1.36. The van der Waals surface area contributed by atoms with Crippen LogP contribution < -0.4 is 5.32 Å². The first-order valence-corrected chi connectivity index (χ1v) is 4.76. The van der Waals surface area contributed by atoms with Crippen LogP contribution in [0.4, 0.5) is 10.1 Å². The van der Waals surface area contributed by atoms with Crippen molar-refractivity contribution in [1.29, 1.82) is 0 Å². The molecule has 0 radical (unpaired) electrons. The summed E-state index contributed by atoms with van der Waals surface area (Å²) in [4.78, 5) is 23.6. The highest BCUT2D eigenvalue weighted by atomic mass is 19.1. The number of nitrogens with zero attached hydrogens (tertiary/aromatic N) is 1. The van der Waals surface area contributed by atoms with Gasteiger partial charge in [-0.25, -0.2) is 4.39 Å². The van der Waals surface area contributed by atoms with Crippen molar-refractivity contribution < 1.29 is 14.0 Å². The van der Waals surface area contributed by atoms with Crippen LogP contribution in [0, 0.1) is 5.82 Å². The number of carbonyl (C=O) groups is 2. The lowest BCUT2D eigenvalue weighted by Crippen LogP contribution is -2.33. The summed E-state index contributed by atoms with van der Waals surface area (Å²) in [5.41, 5.74) is 0.503. The van der Waals surface area contributed by atoms with Crippen molar-refractivity contribution in [3.8, 4) is 0 Å². The van der Waals surface area contributed by atoms with Crippen molar-refractivity contribution in [2.24, 2.45) is 0 Å². The number of carbonyl (C=O) groups excluding carboxylic acids is 2. The number of nitrogens with one attached hydrogen (secondary N) is 1. The smallest absolute Gasteiger partial charge is 0.243 e. The SMILES string of the molecule is CC(=O)N(C)CC(=O)Nc1ccc(F)cc1. The lowest BCUT2D eigenvalue weighted by Gasteiger charge is -2.14. The molecule has 0 aliphatic rings. The molecule has 0 fully saturated rings. The predicted molar refractivity (Wildman–Crippen MR) is 58.3 cm³/mol. The molecule has 5 heteroatoms. The lowest BCUT2D eigenvalue weighted by atomic mass is 10.3. The monoisotopic (exact) mass is 224 g/mol. The largest absolute Gasteiger partial charge is 0.337 e. The van der Waals surface area contributed by atoms with Gasteiger partial charge in [-0.15, -0.1) is 0 Å². The Hall–Kier alpha value is -1.91. The molecule has 0 aromatic heterocycles. The second kappa shape index (κ2) is 5.25. The number of hydrogen-bond acceptors (Lipinski definition) is 2. The maximum Gasteiger partial charge on any atom is 0.243 e. The summed E-state index contributed by atoms with van der Waals surface area (Å²) in [6, 6.07) is 5.43. The maximum atomic E-state index is 12.6. The van der Waals surface area contributed by atoms with Crippen molar-refractivity contribution in [1.82, 2.24) is 4.90 Å². The van der Waals surface area contributed by atoms with Gasteiger partial charge < -0.3 is 10.2 Å². The van der Waals surface area contributed by atoms with Crippen LogP contribution in [0.3, 0.4) is 0 Å². The molecule has 0 aliphatic heterocycles. The fourth-order valence-electron chi connectivity index (χ4n) is 1.06. The minimum atomic E-state index is -0.362. The van der Waals surface area contributed by atoms with Crippen molar-refractivity contribution >= 4 is 17.5 Å². The van der Waals surface area contributed by atoms with Crippen LogP contribution in [0.15, 0.2) is 24.3 Å². The molecular formula is C11H13FN2O2. The fraction of sp³-hybridized carbons (Fsp3) is 0.273. The third-order valence-electron chi connectivity index (χ3n) is 2.05. The molecule has 0 atom stereocenters. The molecule has 1 N–H and O–H groups in total. The molecule has 1 aromatic carbocycles. The van der Waals surface area contributed by atoms with Gasteiger partial charge in [0.1, 0.15) is 5.82 Å². The maximum absolute atomic E-state index is 12.6. The van der Waals surface area contributed by atoms with Crippen LogP contribution in [-0.4, -0.2) is 30.3 Å². The van der Waals surface area contributed by atoms with E-state index in [0.717, 1.165) is 0 Å². The van der Waals surface area contributed by atoms with E-state index in [1.54, 1.807) is 0 Å². The van der Waals surface area contributed by atoms with Gasteiger partial charge in [0.15, 0.2) is 0 Å². The molecule has 0 saturated heterocycles. The third kappa shape index (κ3) is 3.68. The van der Waals surface area contributed by atoms with Gasteiger partial charge in [-0.2, -0.15) is 0 Å². The third-order valence-corrected chi connectivity index (χ3v) is 2.05. The molecule has 0 spiro atoms. The van der Waals surface area contributed by atoms with Crippen LogP contribution in [0.1, 0.15) is 6.92 Å². The van der Waals surface area contributed by atoms with Crippen LogP contribution >= 0.6 is 0 Å².